The molecule has 90 valence electrons. The first-order chi connectivity index (χ1) is 8.51. The van der Waals surface area contributed by atoms with Crippen LogP contribution in [0.3, 0.4) is 0 Å². The van der Waals surface area contributed by atoms with Crippen LogP contribution in [0.5, 0.6) is 0 Å². The van der Waals surface area contributed by atoms with Gasteiger partial charge in [-0.05, 0) is 6.07 Å². The van der Waals surface area contributed by atoms with E-state index >= 15 is 0 Å². The minimum atomic E-state index is -0.853. The summed E-state index contributed by atoms with van der Waals surface area (Å²) in [6, 6.07) is 4.85. The smallest absolute Gasteiger partial charge is 0.294 e. The van der Waals surface area contributed by atoms with Crippen molar-refractivity contribution in [2.24, 2.45) is 0 Å². The average molecular weight is 267 g/mol. The number of benzene rings is 1. The zero-order valence-electron chi connectivity index (χ0n) is 8.65. The SMILES string of the molecule is N#CC(C#N)=CNc1c([N+](=O)[O-])ccc(F)c1Cl. The molecule has 0 aliphatic heterocycles. The lowest BCUT2D eigenvalue weighted by atomic mass is 10.2. The van der Waals surface area contributed by atoms with Crippen molar-refractivity contribution in [1.82, 2.24) is 0 Å². The maximum Gasteiger partial charge on any atom is 0.294 e. The van der Waals surface area contributed by atoms with Gasteiger partial charge in [0, 0.05) is 12.3 Å². The summed E-state index contributed by atoms with van der Waals surface area (Å²) in [5.74, 6) is -0.853. The fourth-order valence-corrected chi connectivity index (χ4v) is 1.28. The third-order valence-electron chi connectivity index (χ3n) is 1.87. The van der Waals surface area contributed by atoms with Gasteiger partial charge in [-0.25, -0.2) is 4.39 Å². The molecule has 0 saturated heterocycles. The highest BCUT2D eigenvalue weighted by atomic mass is 35.5. The predicted molar refractivity (Wildman–Crippen MR) is 61.0 cm³/mol. The number of rotatable bonds is 3. The number of nitro groups is 1. The summed E-state index contributed by atoms with van der Waals surface area (Å²) in [7, 11) is 0. The number of nitrogens with zero attached hydrogens (tertiary/aromatic N) is 3. The van der Waals surface area contributed by atoms with Crippen molar-refractivity contribution in [3.05, 3.63) is 44.9 Å². The largest absolute Gasteiger partial charge is 0.353 e. The molecule has 0 aromatic heterocycles. The van der Waals surface area contributed by atoms with Gasteiger partial charge in [0.05, 0.1) is 4.92 Å². The van der Waals surface area contributed by atoms with Crippen LogP contribution in [0.4, 0.5) is 15.8 Å². The monoisotopic (exact) mass is 266 g/mol. The Morgan fingerprint density at radius 1 is 1.50 bits per heavy atom. The summed E-state index contributed by atoms with van der Waals surface area (Å²) in [6.45, 7) is 0. The van der Waals surface area contributed by atoms with Gasteiger partial charge in [0.15, 0.2) is 0 Å². The van der Waals surface area contributed by atoms with Crippen LogP contribution in [0, 0.1) is 38.6 Å². The summed E-state index contributed by atoms with van der Waals surface area (Å²) in [5.41, 5.74) is -1.11. The van der Waals surface area contributed by atoms with Gasteiger partial charge >= 0.3 is 0 Å². The number of anilines is 1. The number of nitro benzene ring substituents is 1. The number of nitriles is 2. The molecule has 0 aliphatic rings. The van der Waals surface area contributed by atoms with Crippen molar-refractivity contribution in [3.8, 4) is 12.1 Å². The first kappa shape index (κ1) is 13.4. The van der Waals surface area contributed by atoms with E-state index in [1.54, 1.807) is 0 Å². The van der Waals surface area contributed by atoms with Crippen molar-refractivity contribution in [1.29, 1.82) is 10.5 Å². The Balaban J connectivity index is 3.28. The molecule has 0 heterocycles. The normalized spacial score (nSPS) is 8.89. The topological polar surface area (TPSA) is 103 Å². The van der Waals surface area contributed by atoms with E-state index < -0.39 is 21.5 Å². The number of nitrogens with one attached hydrogen (secondary N) is 1. The summed E-state index contributed by atoms with van der Waals surface area (Å²) < 4.78 is 13.2. The van der Waals surface area contributed by atoms with Gasteiger partial charge in [0.1, 0.15) is 34.2 Å². The number of halogens is 2. The van der Waals surface area contributed by atoms with E-state index in [4.69, 9.17) is 22.1 Å². The highest BCUT2D eigenvalue weighted by Gasteiger charge is 2.19. The zero-order valence-corrected chi connectivity index (χ0v) is 9.40. The molecule has 0 saturated carbocycles. The fourth-order valence-electron chi connectivity index (χ4n) is 1.06. The molecule has 0 fully saturated rings. The Labute approximate surface area is 106 Å². The van der Waals surface area contributed by atoms with Crippen LogP contribution in [-0.4, -0.2) is 4.92 Å². The molecule has 1 N–H and O–H groups in total. The van der Waals surface area contributed by atoms with Crippen molar-refractivity contribution in [3.63, 3.8) is 0 Å². The molecule has 0 amide bonds. The Morgan fingerprint density at radius 2 is 2.11 bits per heavy atom. The van der Waals surface area contributed by atoms with Crippen LogP contribution in [0.25, 0.3) is 0 Å². The van der Waals surface area contributed by atoms with E-state index in [-0.39, 0.29) is 11.3 Å². The Morgan fingerprint density at radius 3 is 2.61 bits per heavy atom. The average Bonchev–Trinajstić information content (AvgIpc) is 2.35. The maximum absolute atomic E-state index is 13.2. The van der Waals surface area contributed by atoms with E-state index in [1.807, 2.05) is 0 Å². The van der Waals surface area contributed by atoms with E-state index in [9.17, 15) is 14.5 Å². The lowest BCUT2D eigenvalue weighted by Crippen LogP contribution is -1.99. The van der Waals surface area contributed by atoms with Gasteiger partial charge in [-0.1, -0.05) is 11.6 Å². The van der Waals surface area contributed by atoms with Crippen LogP contribution in [0.2, 0.25) is 5.02 Å². The molecule has 0 unspecified atom stereocenters. The second kappa shape index (κ2) is 5.62. The molecule has 0 bridgehead atoms. The number of allylic oxidation sites excluding steroid dienone is 1. The van der Waals surface area contributed by atoms with E-state index in [0.29, 0.717) is 0 Å². The molecule has 0 spiro atoms. The van der Waals surface area contributed by atoms with Crippen LogP contribution in [0.1, 0.15) is 0 Å². The Hall–Kier alpha value is -2.64. The first-order valence-corrected chi connectivity index (χ1v) is 4.78. The second-order valence-corrected chi connectivity index (χ2v) is 3.32. The molecular weight excluding hydrogens is 263 g/mol. The zero-order chi connectivity index (χ0) is 13.7. The highest BCUT2D eigenvalue weighted by molar-refractivity contribution is 6.34. The molecule has 6 nitrogen and oxygen atoms in total. The fraction of sp³-hybridized carbons (Fsp3) is 0. The quantitative estimate of drug-likeness (QED) is 0.515. The molecule has 8 heteroatoms. The van der Waals surface area contributed by atoms with E-state index in [2.05, 4.69) is 5.32 Å². The van der Waals surface area contributed by atoms with E-state index in [1.165, 1.54) is 12.1 Å². The van der Waals surface area contributed by atoms with Gasteiger partial charge in [-0.2, -0.15) is 10.5 Å². The van der Waals surface area contributed by atoms with Crippen LogP contribution in [0.15, 0.2) is 23.9 Å². The third kappa shape index (κ3) is 2.73. The van der Waals surface area contributed by atoms with Gasteiger partial charge < -0.3 is 5.32 Å². The van der Waals surface area contributed by atoms with Crippen molar-refractivity contribution in [2.45, 2.75) is 0 Å². The molecule has 0 radical (unpaired) electrons. The molecule has 1 aromatic rings. The van der Waals surface area contributed by atoms with Crippen molar-refractivity contribution in [2.75, 3.05) is 5.32 Å². The van der Waals surface area contributed by atoms with Gasteiger partial charge in [-0.3, -0.25) is 10.1 Å². The standard InChI is InChI=1S/C10H4ClFN4O2/c11-9-7(12)1-2-8(16(17)18)10(9)15-5-6(3-13)4-14/h1-2,5,15H. The number of hydrogen-bond acceptors (Lipinski definition) is 5. The molecule has 1 aromatic carbocycles. The predicted octanol–water partition coefficient (Wildman–Crippen LogP) is 2.73. The summed E-state index contributed by atoms with van der Waals surface area (Å²) in [4.78, 5) is 9.94. The van der Waals surface area contributed by atoms with Crippen molar-refractivity contribution < 1.29 is 9.31 Å². The third-order valence-corrected chi connectivity index (χ3v) is 2.24. The summed E-state index contributed by atoms with van der Waals surface area (Å²) in [5, 5.41) is 29.5. The minimum absolute atomic E-state index is 0.315. The highest BCUT2D eigenvalue weighted by Crippen LogP contribution is 2.34. The second-order valence-electron chi connectivity index (χ2n) is 2.94. The number of hydrogen-bond donors (Lipinski definition) is 1. The van der Waals surface area contributed by atoms with Gasteiger partial charge in [-0.15, -0.1) is 0 Å². The lowest BCUT2D eigenvalue weighted by Gasteiger charge is -2.05. The van der Waals surface area contributed by atoms with Crippen LogP contribution in [-0.2, 0) is 0 Å². The van der Waals surface area contributed by atoms with Gasteiger partial charge in [0.25, 0.3) is 5.69 Å². The molecular formula is C10H4ClFN4O2. The maximum atomic E-state index is 13.2. The Bertz CT molecular complexity index is 600. The molecule has 1 rings (SSSR count). The summed E-state index contributed by atoms with van der Waals surface area (Å²) in [6.07, 6.45) is 0.910. The summed E-state index contributed by atoms with van der Waals surface area (Å²) >= 11 is 5.58. The van der Waals surface area contributed by atoms with E-state index in [0.717, 1.165) is 18.3 Å². The molecule has 0 aliphatic carbocycles. The minimum Gasteiger partial charge on any atom is -0.353 e. The molecule has 0 atom stereocenters. The Kier molecular flexibility index (Phi) is 4.19. The van der Waals surface area contributed by atoms with Gasteiger partial charge in [0.2, 0.25) is 0 Å². The molecule has 18 heavy (non-hydrogen) atoms. The van der Waals surface area contributed by atoms with Crippen LogP contribution >= 0.6 is 11.6 Å². The lowest BCUT2D eigenvalue weighted by molar-refractivity contribution is -0.384. The first-order valence-electron chi connectivity index (χ1n) is 4.40. The van der Waals surface area contributed by atoms with Crippen LogP contribution < -0.4 is 5.32 Å². The van der Waals surface area contributed by atoms with Crippen molar-refractivity contribution >= 4 is 23.0 Å².